The van der Waals surface area contributed by atoms with Gasteiger partial charge >= 0.3 is 0 Å². The molecule has 0 saturated heterocycles. The van der Waals surface area contributed by atoms with Crippen molar-refractivity contribution in [2.24, 2.45) is 28.6 Å². The number of aromatic nitrogens is 1. The molecular formula is C20H29NO3. The SMILES string of the molecule is C[C@]12CCC3C(CC[C@@]4(O)Cc5oncc5C[C@]34C)C1CCC2O. The third-order valence-corrected chi connectivity index (χ3v) is 8.90. The zero-order valence-electron chi connectivity index (χ0n) is 14.8. The number of aliphatic hydroxyl groups is 2. The molecule has 1 aromatic rings. The average Bonchev–Trinajstić information content (AvgIpc) is 3.09. The van der Waals surface area contributed by atoms with Crippen LogP contribution in [0.5, 0.6) is 0 Å². The summed E-state index contributed by atoms with van der Waals surface area (Å²) in [6.07, 6.45) is 9.52. The molecule has 4 unspecified atom stereocenters. The van der Waals surface area contributed by atoms with E-state index in [4.69, 9.17) is 4.52 Å². The van der Waals surface area contributed by atoms with Crippen LogP contribution in [0.2, 0.25) is 0 Å². The molecule has 1 heterocycles. The molecule has 5 rings (SSSR count). The molecule has 0 bridgehead atoms. The van der Waals surface area contributed by atoms with Gasteiger partial charge in [0.1, 0.15) is 5.76 Å². The third-order valence-electron chi connectivity index (χ3n) is 8.90. The van der Waals surface area contributed by atoms with Gasteiger partial charge in [-0.25, -0.2) is 0 Å². The minimum atomic E-state index is -0.661. The Hall–Kier alpha value is -0.870. The lowest BCUT2D eigenvalue weighted by Crippen LogP contribution is -2.63. The van der Waals surface area contributed by atoms with E-state index in [1.54, 1.807) is 0 Å². The first-order valence-corrected chi connectivity index (χ1v) is 9.70. The van der Waals surface area contributed by atoms with Crippen LogP contribution >= 0.6 is 0 Å². The summed E-state index contributed by atoms with van der Waals surface area (Å²) in [5.41, 5.74) is 0.543. The number of nitrogens with zero attached hydrogens (tertiary/aromatic N) is 1. The quantitative estimate of drug-likeness (QED) is 0.766. The van der Waals surface area contributed by atoms with Crippen molar-refractivity contribution in [2.75, 3.05) is 0 Å². The lowest BCUT2D eigenvalue weighted by Gasteiger charge is -2.62. The van der Waals surface area contributed by atoms with E-state index >= 15 is 0 Å². The Morgan fingerprint density at radius 3 is 2.75 bits per heavy atom. The summed E-state index contributed by atoms with van der Waals surface area (Å²) in [7, 11) is 0. The van der Waals surface area contributed by atoms with Gasteiger partial charge in [-0.15, -0.1) is 0 Å². The van der Waals surface area contributed by atoms with Gasteiger partial charge in [-0.05, 0) is 68.1 Å². The van der Waals surface area contributed by atoms with Gasteiger partial charge in [0.05, 0.1) is 17.9 Å². The molecule has 3 fully saturated rings. The molecule has 4 aliphatic carbocycles. The first kappa shape index (κ1) is 15.4. The van der Waals surface area contributed by atoms with Gasteiger partial charge in [0, 0.05) is 17.4 Å². The van der Waals surface area contributed by atoms with Gasteiger partial charge in [-0.3, -0.25) is 0 Å². The van der Waals surface area contributed by atoms with Gasteiger partial charge in [0.25, 0.3) is 0 Å². The van der Waals surface area contributed by atoms with Gasteiger partial charge in [0.2, 0.25) is 0 Å². The number of rotatable bonds is 0. The summed E-state index contributed by atoms with van der Waals surface area (Å²) in [6.45, 7) is 4.63. The molecule has 2 N–H and O–H groups in total. The van der Waals surface area contributed by atoms with Crippen LogP contribution in [0.15, 0.2) is 10.7 Å². The molecule has 4 heteroatoms. The van der Waals surface area contributed by atoms with E-state index in [2.05, 4.69) is 19.0 Å². The number of hydrogen-bond acceptors (Lipinski definition) is 4. The van der Waals surface area contributed by atoms with Crippen molar-refractivity contribution in [2.45, 2.75) is 76.9 Å². The zero-order chi connectivity index (χ0) is 16.7. The summed E-state index contributed by atoms with van der Waals surface area (Å²) >= 11 is 0. The van der Waals surface area contributed by atoms with Crippen LogP contribution in [0.25, 0.3) is 0 Å². The summed E-state index contributed by atoms with van der Waals surface area (Å²) in [5.74, 6) is 2.71. The van der Waals surface area contributed by atoms with E-state index in [-0.39, 0.29) is 16.9 Å². The molecule has 0 spiro atoms. The normalized spacial score (nSPS) is 53.0. The van der Waals surface area contributed by atoms with Crippen molar-refractivity contribution in [1.29, 1.82) is 0 Å². The summed E-state index contributed by atoms with van der Waals surface area (Å²) in [4.78, 5) is 0. The predicted octanol–water partition coefficient (Wildman–Crippen LogP) is 3.11. The van der Waals surface area contributed by atoms with Crippen molar-refractivity contribution in [3.63, 3.8) is 0 Å². The molecule has 4 nitrogen and oxygen atoms in total. The molecular weight excluding hydrogens is 302 g/mol. The average molecular weight is 331 g/mol. The molecule has 0 aliphatic heterocycles. The first-order chi connectivity index (χ1) is 11.4. The van der Waals surface area contributed by atoms with E-state index in [1.807, 2.05) is 6.20 Å². The molecule has 0 radical (unpaired) electrons. The van der Waals surface area contributed by atoms with Crippen molar-refractivity contribution >= 4 is 0 Å². The third kappa shape index (κ3) is 1.69. The summed E-state index contributed by atoms with van der Waals surface area (Å²) < 4.78 is 5.41. The fourth-order valence-corrected chi connectivity index (χ4v) is 7.31. The van der Waals surface area contributed by atoms with E-state index in [9.17, 15) is 10.2 Å². The molecule has 132 valence electrons. The Bertz CT molecular complexity index is 672. The maximum absolute atomic E-state index is 11.6. The summed E-state index contributed by atoms with van der Waals surface area (Å²) in [5, 5.41) is 26.1. The Balaban J connectivity index is 1.54. The van der Waals surface area contributed by atoms with Crippen molar-refractivity contribution < 1.29 is 14.7 Å². The maximum Gasteiger partial charge on any atom is 0.142 e. The van der Waals surface area contributed by atoms with E-state index in [0.29, 0.717) is 24.2 Å². The second-order valence-corrected chi connectivity index (χ2v) is 9.63. The highest BCUT2D eigenvalue weighted by molar-refractivity contribution is 5.28. The zero-order valence-corrected chi connectivity index (χ0v) is 14.8. The van der Waals surface area contributed by atoms with E-state index in [0.717, 1.165) is 50.7 Å². The van der Waals surface area contributed by atoms with E-state index in [1.165, 1.54) is 5.56 Å². The van der Waals surface area contributed by atoms with Crippen LogP contribution in [0.4, 0.5) is 0 Å². The molecule has 7 atom stereocenters. The van der Waals surface area contributed by atoms with Crippen molar-refractivity contribution in [1.82, 2.24) is 5.16 Å². The predicted molar refractivity (Wildman–Crippen MR) is 89.3 cm³/mol. The number of fused-ring (bicyclic) bond motifs is 6. The fraction of sp³-hybridized carbons (Fsp3) is 0.850. The second-order valence-electron chi connectivity index (χ2n) is 9.63. The Labute approximate surface area is 143 Å². The Kier molecular flexibility index (Phi) is 2.98. The van der Waals surface area contributed by atoms with Crippen molar-refractivity contribution in [3.05, 3.63) is 17.5 Å². The van der Waals surface area contributed by atoms with Crippen LogP contribution in [0.3, 0.4) is 0 Å². The van der Waals surface area contributed by atoms with Gasteiger partial charge in [-0.1, -0.05) is 19.0 Å². The van der Waals surface area contributed by atoms with Crippen LogP contribution in [0, 0.1) is 28.6 Å². The van der Waals surface area contributed by atoms with Crippen molar-refractivity contribution in [3.8, 4) is 0 Å². The number of hydrogen-bond donors (Lipinski definition) is 2. The molecule has 0 aromatic carbocycles. The highest BCUT2D eigenvalue weighted by Crippen LogP contribution is 2.66. The fourth-order valence-electron chi connectivity index (χ4n) is 7.31. The standard InChI is InChI=1S/C20H29NO3/c1-18-7-6-15-13(14(18)3-4-17(18)22)5-8-20(23)10-16-12(11-21-24-16)9-19(15,20)2/h11,13-15,17,22-23H,3-10H2,1-2H3/t13?,14?,15?,17?,18-,19+,20+/m0/s1. The van der Waals surface area contributed by atoms with E-state index < -0.39 is 5.60 Å². The minimum Gasteiger partial charge on any atom is -0.393 e. The maximum atomic E-state index is 11.6. The molecule has 1 aromatic heterocycles. The highest BCUT2D eigenvalue weighted by Gasteiger charge is 2.64. The van der Waals surface area contributed by atoms with Crippen LogP contribution in [-0.4, -0.2) is 27.1 Å². The van der Waals surface area contributed by atoms with Crippen LogP contribution in [-0.2, 0) is 12.8 Å². The second kappa shape index (κ2) is 4.64. The monoisotopic (exact) mass is 331 g/mol. The van der Waals surface area contributed by atoms with Gasteiger partial charge in [-0.2, -0.15) is 0 Å². The Morgan fingerprint density at radius 2 is 1.92 bits per heavy atom. The summed E-state index contributed by atoms with van der Waals surface area (Å²) in [6, 6.07) is 0. The lowest BCUT2D eigenvalue weighted by atomic mass is 9.44. The Morgan fingerprint density at radius 1 is 1.08 bits per heavy atom. The van der Waals surface area contributed by atoms with Crippen LogP contribution in [0.1, 0.15) is 63.7 Å². The van der Waals surface area contributed by atoms with Gasteiger partial charge < -0.3 is 14.7 Å². The molecule has 24 heavy (non-hydrogen) atoms. The molecule has 0 amide bonds. The minimum absolute atomic E-state index is 0.0939. The highest BCUT2D eigenvalue weighted by atomic mass is 16.5. The van der Waals surface area contributed by atoms with Crippen LogP contribution < -0.4 is 0 Å². The lowest BCUT2D eigenvalue weighted by molar-refractivity contribution is -0.194. The largest absolute Gasteiger partial charge is 0.393 e. The molecule has 3 saturated carbocycles. The topological polar surface area (TPSA) is 66.5 Å². The smallest absolute Gasteiger partial charge is 0.142 e. The van der Waals surface area contributed by atoms with Gasteiger partial charge in [0.15, 0.2) is 0 Å². The molecule has 4 aliphatic rings. The first-order valence-electron chi connectivity index (χ1n) is 9.70. The number of aliphatic hydroxyl groups excluding tert-OH is 1.